The van der Waals surface area contributed by atoms with Crippen LogP contribution in [0.25, 0.3) is 0 Å². The lowest BCUT2D eigenvalue weighted by atomic mass is 10.2. The molecule has 19 heavy (non-hydrogen) atoms. The van der Waals surface area contributed by atoms with Gasteiger partial charge in [-0.25, -0.2) is 4.98 Å². The summed E-state index contributed by atoms with van der Waals surface area (Å²) < 4.78 is 2.07. The Morgan fingerprint density at radius 1 is 1.53 bits per heavy atom. The van der Waals surface area contributed by atoms with Crippen molar-refractivity contribution >= 4 is 11.3 Å². The first-order valence-electron chi connectivity index (χ1n) is 6.50. The number of terminal acetylenes is 1. The van der Waals surface area contributed by atoms with E-state index in [0.717, 1.165) is 31.6 Å². The normalized spacial score (nSPS) is 12.2. The highest BCUT2D eigenvalue weighted by molar-refractivity contribution is 7.10. The molecule has 0 spiro atoms. The molecular formula is C15H19N3S. The monoisotopic (exact) mass is 273 g/mol. The summed E-state index contributed by atoms with van der Waals surface area (Å²) in [6, 6.07) is 4.40. The topological polar surface area (TPSA) is 29.9 Å². The minimum Gasteiger partial charge on any atom is -0.336 e. The second-order valence-corrected chi connectivity index (χ2v) is 5.44. The third-order valence-corrected chi connectivity index (χ3v) is 3.98. The third kappa shape index (κ3) is 3.69. The minimum atomic E-state index is 0.172. The van der Waals surface area contributed by atoms with Gasteiger partial charge in [0.1, 0.15) is 11.9 Å². The molecule has 3 nitrogen and oxygen atoms in total. The second-order valence-electron chi connectivity index (χ2n) is 4.46. The Hall–Kier alpha value is -1.57. The first-order chi connectivity index (χ1) is 9.33. The molecule has 0 aliphatic carbocycles. The van der Waals surface area contributed by atoms with E-state index in [-0.39, 0.29) is 6.04 Å². The molecule has 2 aromatic rings. The van der Waals surface area contributed by atoms with E-state index in [9.17, 15) is 0 Å². The Morgan fingerprint density at radius 3 is 3.05 bits per heavy atom. The predicted molar refractivity (Wildman–Crippen MR) is 80.1 cm³/mol. The van der Waals surface area contributed by atoms with Crippen molar-refractivity contribution in [2.24, 2.45) is 7.05 Å². The van der Waals surface area contributed by atoms with Gasteiger partial charge in [-0.2, -0.15) is 0 Å². The zero-order valence-corrected chi connectivity index (χ0v) is 12.0. The molecule has 0 aromatic carbocycles. The molecule has 0 saturated carbocycles. The number of rotatable bonds is 7. The number of hydrogen-bond donors (Lipinski definition) is 1. The molecule has 1 atom stereocenters. The number of unbranched alkanes of at least 4 members (excludes halogenated alkanes) is 2. The molecule has 0 amide bonds. The fourth-order valence-corrected chi connectivity index (χ4v) is 2.82. The van der Waals surface area contributed by atoms with Crippen LogP contribution in [-0.4, -0.2) is 16.1 Å². The molecule has 0 saturated heterocycles. The maximum Gasteiger partial charge on any atom is 0.131 e. The lowest BCUT2D eigenvalue weighted by Gasteiger charge is -2.17. The van der Waals surface area contributed by atoms with Crippen molar-refractivity contribution in [1.82, 2.24) is 14.9 Å². The van der Waals surface area contributed by atoms with Crippen LogP contribution in [0.5, 0.6) is 0 Å². The molecule has 0 bridgehead atoms. The van der Waals surface area contributed by atoms with Crippen LogP contribution in [0.2, 0.25) is 0 Å². The molecule has 4 heteroatoms. The first-order valence-corrected chi connectivity index (χ1v) is 7.38. The molecule has 0 aliphatic heterocycles. The number of hydrogen-bond acceptors (Lipinski definition) is 3. The Balaban J connectivity index is 2.01. The van der Waals surface area contributed by atoms with Gasteiger partial charge in [-0.1, -0.05) is 6.07 Å². The predicted octanol–water partition coefficient (Wildman–Crippen LogP) is 2.96. The van der Waals surface area contributed by atoms with Gasteiger partial charge < -0.3 is 9.88 Å². The summed E-state index contributed by atoms with van der Waals surface area (Å²) in [5.74, 6) is 3.73. The molecular weight excluding hydrogens is 254 g/mol. The summed E-state index contributed by atoms with van der Waals surface area (Å²) in [7, 11) is 2.03. The highest BCUT2D eigenvalue weighted by Gasteiger charge is 2.18. The number of nitrogens with one attached hydrogen (secondary N) is 1. The van der Waals surface area contributed by atoms with E-state index >= 15 is 0 Å². The Labute approximate surface area is 118 Å². The van der Waals surface area contributed by atoms with E-state index in [1.807, 2.05) is 19.4 Å². The van der Waals surface area contributed by atoms with Crippen molar-refractivity contribution in [3.63, 3.8) is 0 Å². The van der Waals surface area contributed by atoms with Crippen LogP contribution in [0, 0.1) is 12.3 Å². The van der Waals surface area contributed by atoms with Crippen LogP contribution < -0.4 is 5.32 Å². The third-order valence-electron chi connectivity index (χ3n) is 3.04. The molecule has 2 aromatic heterocycles. The van der Waals surface area contributed by atoms with Crippen molar-refractivity contribution in [2.45, 2.75) is 25.3 Å². The van der Waals surface area contributed by atoms with Gasteiger partial charge in [-0.3, -0.25) is 0 Å². The highest BCUT2D eigenvalue weighted by atomic mass is 32.1. The van der Waals surface area contributed by atoms with Gasteiger partial charge in [-0.15, -0.1) is 23.7 Å². The molecule has 100 valence electrons. The summed E-state index contributed by atoms with van der Waals surface area (Å²) in [6.45, 7) is 0.955. The number of thiophene rings is 1. The molecule has 0 aliphatic rings. The van der Waals surface area contributed by atoms with Crippen LogP contribution in [0.4, 0.5) is 0 Å². The van der Waals surface area contributed by atoms with E-state index in [4.69, 9.17) is 6.42 Å². The zero-order chi connectivity index (χ0) is 13.5. The second kappa shape index (κ2) is 7.13. The Morgan fingerprint density at radius 2 is 2.42 bits per heavy atom. The lowest BCUT2D eigenvalue weighted by Crippen LogP contribution is -2.25. The maximum atomic E-state index is 5.26. The Bertz CT molecular complexity index is 522. The molecule has 1 unspecified atom stereocenters. The zero-order valence-electron chi connectivity index (χ0n) is 11.2. The standard InChI is InChI=1S/C15H19N3S/c1-3-4-5-6-9-16-14(13-8-7-12-19-13)15-17-10-11-18(15)2/h1,7-8,10-12,14,16H,4-6,9H2,2H3. The fourth-order valence-electron chi connectivity index (χ4n) is 2.03. The maximum absolute atomic E-state index is 5.26. The molecule has 0 fully saturated rings. The van der Waals surface area contributed by atoms with Crippen molar-refractivity contribution < 1.29 is 0 Å². The SMILES string of the molecule is C#CCCCCNC(c1cccs1)c1nccn1C. The van der Waals surface area contributed by atoms with Gasteiger partial charge in [0.2, 0.25) is 0 Å². The van der Waals surface area contributed by atoms with Crippen LogP contribution >= 0.6 is 11.3 Å². The quantitative estimate of drug-likeness (QED) is 0.621. The number of aryl methyl sites for hydroxylation is 1. The van der Waals surface area contributed by atoms with Crippen molar-refractivity contribution in [2.75, 3.05) is 6.54 Å². The van der Waals surface area contributed by atoms with Crippen LogP contribution in [0.3, 0.4) is 0 Å². The van der Waals surface area contributed by atoms with Gasteiger partial charge in [0, 0.05) is 30.7 Å². The largest absolute Gasteiger partial charge is 0.336 e. The van der Waals surface area contributed by atoms with E-state index in [1.165, 1.54) is 4.88 Å². The lowest BCUT2D eigenvalue weighted by molar-refractivity contribution is 0.544. The molecule has 2 heterocycles. The van der Waals surface area contributed by atoms with Crippen molar-refractivity contribution in [1.29, 1.82) is 0 Å². The first kappa shape index (κ1) is 13.9. The van der Waals surface area contributed by atoms with Gasteiger partial charge in [0.15, 0.2) is 0 Å². The average molecular weight is 273 g/mol. The minimum absolute atomic E-state index is 0.172. The summed E-state index contributed by atoms with van der Waals surface area (Å²) in [5.41, 5.74) is 0. The van der Waals surface area contributed by atoms with Crippen molar-refractivity contribution in [3.05, 3.63) is 40.6 Å². The molecule has 2 rings (SSSR count). The highest BCUT2D eigenvalue weighted by Crippen LogP contribution is 2.24. The Kier molecular flexibility index (Phi) is 5.20. The molecule has 1 N–H and O–H groups in total. The van der Waals surface area contributed by atoms with Gasteiger partial charge >= 0.3 is 0 Å². The number of aromatic nitrogens is 2. The van der Waals surface area contributed by atoms with Gasteiger partial charge in [0.25, 0.3) is 0 Å². The van der Waals surface area contributed by atoms with E-state index in [2.05, 4.69) is 38.3 Å². The average Bonchev–Trinajstić information content (AvgIpc) is 3.06. The van der Waals surface area contributed by atoms with E-state index < -0.39 is 0 Å². The summed E-state index contributed by atoms with van der Waals surface area (Å²) >= 11 is 1.76. The number of nitrogens with zero attached hydrogens (tertiary/aromatic N) is 2. The van der Waals surface area contributed by atoms with Crippen LogP contribution in [-0.2, 0) is 7.05 Å². The summed E-state index contributed by atoms with van der Waals surface area (Å²) in [5, 5.41) is 5.69. The van der Waals surface area contributed by atoms with Gasteiger partial charge in [-0.05, 0) is 30.8 Å². The van der Waals surface area contributed by atoms with E-state index in [1.54, 1.807) is 11.3 Å². The molecule has 0 radical (unpaired) electrons. The van der Waals surface area contributed by atoms with E-state index in [0.29, 0.717) is 0 Å². The summed E-state index contributed by atoms with van der Waals surface area (Å²) in [4.78, 5) is 5.76. The smallest absolute Gasteiger partial charge is 0.131 e. The van der Waals surface area contributed by atoms with Crippen molar-refractivity contribution in [3.8, 4) is 12.3 Å². The van der Waals surface area contributed by atoms with Gasteiger partial charge in [0.05, 0.1) is 0 Å². The van der Waals surface area contributed by atoms with Crippen LogP contribution in [0.15, 0.2) is 29.9 Å². The fraction of sp³-hybridized carbons (Fsp3) is 0.400. The summed E-state index contributed by atoms with van der Waals surface area (Å²) in [6.07, 6.45) is 12.1. The van der Waals surface area contributed by atoms with Crippen LogP contribution in [0.1, 0.15) is 36.0 Å². The number of imidazole rings is 1.